The van der Waals surface area contributed by atoms with Crippen LogP contribution in [0, 0.1) is 6.92 Å². The van der Waals surface area contributed by atoms with Gasteiger partial charge in [0.05, 0.1) is 11.2 Å². The summed E-state index contributed by atoms with van der Waals surface area (Å²) in [7, 11) is 1.58. The van der Waals surface area contributed by atoms with Gasteiger partial charge in [-0.1, -0.05) is 0 Å². The molecule has 1 radical (unpaired) electrons. The minimum Gasteiger partial charge on any atom is -0.427 e. The first-order valence-electron chi connectivity index (χ1n) is 6.50. The Balaban J connectivity index is 2.85. The van der Waals surface area contributed by atoms with Gasteiger partial charge in [0.2, 0.25) is 5.91 Å². The highest BCUT2D eigenvalue weighted by Crippen LogP contribution is 2.24. The van der Waals surface area contributed by atoms with Crippen LogP contribution in [0.4, 0.5) is 5.82 Å². The summed E-state index contributed by atoms with van der Waals surface area (Å²) >= 11 is 0. The first kappa shape index (κ1) is 16.7. The number of nitrogens with zero attached hydrogens (tertiary/aromatic N) is 1. The van der Waals surface area contributed by atoms with Crippen molar-refractivity contribution in [1.29, 1.82) is 0 Å². The van der Waals surface area contributed by atoms with Crippen LogP contribution >= 0.6 is 0 Å². The molecule has 1 amide bonds. The Bertz CT molecular complexity index is 496. The molecule has 1 rings (SSSR count). The summed E-state index contributed by atoms with van der Waals surface area (Å²) in [5, 5.41) is 12.7. The van der Waals surface area contributed by atoms with E-state index >= 15 is 0 Å². The summed E-state index contributed by atoms with van der Waals surface area (Å²) in [5.41, 5.74) is 0.00799. The van der Waals surface area contributed by atoms with Crippen LogP contribution in [0.25, 0.3) is 0 Å². The number of hydrogen-bond acceptors (Lipinski definition) is 4. The predicted molar refractivity (Wildman–Crippen MR) is 80.1 cm³/mol. The van der Waals surface area contributed by atoms with Crippen LogP contribution in [0.2, 0.25) is 0 Å². The zero-order valence-electron chi connectivity index (χ0n) is 12.9. The largest absolute Gasteiger partial charge is 0.427 e. The number of carbonyl (C=O) groups excluding carboxylic acids is 1. The number of pyridine rings is 1. The Morgan fingerprint density at radius 3 is 2.50 bits per heavy atom. The van der Waals surface area contributed by atoms with Crippen LogP contribution in [0.1, 0.15) is 40.2 Å². The highest BCUT2D eigenvalue weighted by molar-refractivity contribution is 6.48. The molecule has 1 aromatic rings. The molecule has 20 heavy (non-hydrogen) atoms. The van der Waals surface area contributed by atoms with Gasteiger partial charge >= 0.3 is 7.48 Å². The van der Waals surface area contributed by atoms with Crippen molar-refractivity contribution < 1.29 is 14.6 Å². The Kier molecular flexibility index (Phi) is 4.94. The van der Waals surface area contributed by atoms with Crippen LogP contribution in [0.5, 0.6) is 0 Å². The molecule has 0 aliphatic heterocycles. The van der Waals surface area contributed by atoms with E-state index in [0.717, 1.165) is 11.0 Å². The maximum atomic E-state index is 11.0. The smallest absolute Gasteiger partial charge is 0.331 e. The average molecular weight is 277 g/mol. The van der Waals surface area contributed by atoms with Crippen LogP contribution in [-0.4, -0.2) is 34.7 Å². The predicted octanol–water partition coefficient (Wildman–Crippen LogP) is 1.16. The highest BCUT2D eigenvalue weighted by Gasteiger charge is 2.35. The summed E-state index contributed by atoms with van der Waals surface area (Å²) in [6.07, 6.45) is 1.66. The molecular formula is C14H22BN2O3. The number of carbonyl (C=O) groups is 1. The minimum absolute atomic E-state index is 0.176. The van der Waals surface area contributed by atoms with Crippen LogP contribution in [-0.2, 0) is 9.45 Å². The summed E-state index contributed by atoms with van der Waals surface area (Å²) in [6, 6.07) is 1.73. The summed E-state index contributed by atoms with van der Waals surface area (Å²) in [5.74, 6) is 0.295. The summed E-state index contributed by atoms with van der Waals surface area (Å²) < 4.78 is 5.71. The summed E-state index contributed by atoms with van der Waals surface area (Å²) in [6.45, 7) is 10.4. The first-order chi connectivity index (χ1) is 9.03. The van der Waals surface area contributed by atoms with Crippen LogP contribution in [0.3, 0.4) is 0 Å². The first-order valence-corrected chi connectivity index (χ1v) is 6.50. The number of aryl methyl sites for hydroxylation is 1. The number of nitrogens with one attached hydrogen (secondary N) is 1. The molecule has 0 saturated carbocycles. The van der Waals surface area contributed by atoms with E-state index in [1.807, 2.05) is 20.8 Å². The van der Waals surface area contributed by atoms with Gasteiger partial charge in [-0.25, -0.2) is 4.98 Å². The minimum atomic E-state index is -0.981. The van der Waals surface area contributed by atoms with Gasteiger partial charge in [-0.05, 0) is 51.7 Å². The molecule has 0 unspecified atom stereocenters. The van der Waals surface area contributed by atoms with Gasteiger partial charge in [0.25, 0.3) is 0 Å². The highest BCUT2D eigenvalue weighted by atomic mass is 16.5. The third kappa shape index (κ3) is 4.32. The lowest BCUT2D eigenvalue weighted by Crippen LogP contribution is -2.49. The van der Waals surface area contributed by atoms with Crippen LogP contribution in [0.15, 0.2) is 12.3 Å². The van der Waals surface area contributed by atoms with Crippen molar-refractivity contribution in [3.8, 4) is 0 Å². The SMILES string of the molecule is CC(=O)Nc1cc([B]OC(C)(C)C(C)(C)O)c(C)cn1. The van der Waals surface area contributed by atoms with E-state index < -0.39 is 11.2 Å². The van der Waals surface area contributed by atoms with Gasteiger partial charge in [-0.15, -0.1) is 0 Å². The van der Waals surface area contributed by atoms with E-state index in [4.69, 9.17) is 4.65 Å². The Morgan fingerprint density at radius 1 is 1.40 bits per heavy atom. The quantitative estimate of drug-likeness (QED) is 0.792. The molecule has 5 nitrogen and oxygen atoms in total. The summed E-state index contributed by atoms with van der Waals surface area (Å²) in [4.78, 5) is 15.1. The van der Waals surface area contributed by atoms with E-state index in [0.29, 0.717) is 5.82 Å². The van der Waals surface area contributed by atoms with Crippen molar-refractivity contribution in [2.24, 2.45) is 0 Å². The van der Waals surface area contributed by atoms with Crippen molar-refractivity contribution in [2.75, 3.05) is 5.32 Å². The lowest BCUT2D eigenvalue weighted by molar-refractivity contribution is -0.114. The zero-order chi connectivity index (χ0) is 15.6. The number of aliphatic hydroxyl groups is 1. The second kappa shape index (κ2) is 5.93. The fourth-order valence-electron chi connectivity index (χ4n) is 1.27. The average Bonchev–Trinajstić information content (AvgIpc) is 2.27. The maximum Gasteiger partial charge on any atom is 0.331 e. The van der Waals surface area contributed by atoms with E-state index in [9.17, 15) is 9.90 Å². The van der Waals surface area contributed by atoms with Crippen molar-refractivity contribution in [3.63, 3.8) is 0 Å². The third-order valence-electron chi connectivity index (χ3n) is 3.40. The Morgan fingerprint density at radius 2 is 2.00 bits per heavy atom. The standard InChI is InChI=1S/C14H22BN2O3/c1-9-8-16-12(17-10(2)18)7-11(9)15-20-14(5,6)13(3,4)19/h7-8,19H,1-6H3,(H,16,17,18). The van der Waals surface area contributed by atoms with E-state index in [1.165, 1.54) is 6.92 Å². The van der Waals surface area contributed by atoms with Gasteiger partial charge in [0.1, 0.15) is 5.82 Å². The lowest BCUT2D eigenvalue weighted by Gasteiger charge is -2.37. The van der Waals surface area contributed by atoms with Gasteiger partial charge in [-0.2, -0.15) is 0 Å². The fourth-order valence-corrected chi connectivity index (χ4v) is 1.27. The van der Waals surface area contributed by atoms with E-state index in [2.05, 4.69) is 10.3 Å². The number of hydrogen-bond donors (Lipinski definition) is 2. The number of aromatic nitrogens is 1. The molecule has 6 heteroatoms. The topological polar surface area (TPSA) is 71.5 Å². The second-order valence-corrected chi connectivity index (χ2v) is 5.91. The monoisotopic (exact) mass is 277 g/mol. The van der Waals surface area contributed by atoms with Crippen molar-refractivity contribution in [3.05, 3.63) is 17.8 Å². The number of amides is 1. The Labute approximate surface area is 121 Å². The fraction of sp³-hybridized carbons (Fsp3) is 0.571. The molecule has 0 fully saturated rings. The normalized spacial score (nSPS) is 12.2. The van der Waals surface area contributed by atoms with Crippen molar-refractivity contribution in [2.45, 2.75) is 52.7 Å². The number of rotatable bonds is 5. The molecule has 0 aliphatic rings. The lowest BCUT2D eigenvalue weighted by atomic mass is 9.81. The Hall–Kier alpha value is -1.40. The van der Waals surface area contributed by atoms with Gasteiger partial charge in [-0.3, -0.25) is 4.79 Å². The molecule has 0 saturated heterocycles. The number of anilines is 1. The molecule has 1 heterocycles. The van der Waals surface area contributed by atoms with E-state index in [-0.39, 0.29) is 5.91 Å². The molecule has 2 N–H and O–H groups in total. The molecule has 109 valence electrons. The molecule has 0 spiro atoms. The molecular weight excluding hydrogens is 255 g/mol. The van der Waals surface area contributed by atoms with Crippen molar-refractivity contribution >= 4 is 24.7 Å². The van der Waals surface area contributed by atoms with Gasteiger partial charge < -0.3 is 15.1 Å². The zero-order valence-corrected chi connectivity index (χ0v) is 12.9. The molecule has 1 aromatic heterocycles. The van der Waals surface area contributed by atoms with Gasteiger partial charge in [0.15, 0.2) is 0 Å². The molecule has 0 aliphatic carbocycles. The van der Waals surface area contributed by atoms with Crippen molar-refractivity contribution in [1.82, 2.24) is 4.98 Å². The maximum absolute atomic E-state index is 11.0. The molecule has 0 bridgehead atoms. The molecule has 0 atom stereocenters. The third-order valence-corrected chi connectivity index (χ3v) is 3.40. The second-order valence-electron chi connectivity index (χ2n) is 5.91. The molecule has 0 aromatic carbocycles. The van der Waals surface area contributed by atoms with Gasteiger partial charge in [0, 0.05) is 13.1 Å². The van der Waals surface area contributed by atoms with Crippen LogP contribution < -0.4 is 10.8 Å². The van der Waals surface area contributed by atoms with E-state index in [1.54, 1.807) is 33.6 Å².